The Balaban J connectivity index is 3.88. The number of nitrogens with one attached hydrogen (secondary N) is 1. The Hall–Kier alpha value is -0.0800. The largest absolute Gasteiger partial charge is 0.314 e. The van der Waals surface area contributed by atoms with Gasteiger partial charge in [-0.2, -0.15) is 0 Å². The summed E-state index contributed by atoms with van der Waals surface area (Å²) in [5.41, 5.74) is 0. The standard InChI is InChI=1S/C14H32N2/c1-6-8-13(3)12-14(15-10-7-2)9-11-16(4)5/h13-15H,6-12H2,1-5H3. The lowest BCUT2D eigenvalue weighted by Crippen LogP contribution is -2.34. The molecule has 0 rings (SSSR count). The summed E-state index contributed by atoms with van der Waals surface area (Å²) in [5.74, 6) is 0.863. The van der Waals surface area contributed by atoms with Crippen molar-refractivity contribution in [1.29, 1.82) is 0 Å². The van der Waals surface area contributed by atoms with Gasteiger partial charge < -0.3 is 10.2 Å². The maximum Gasteiger partial charge on any atom is 0.00817 e. The molecule has 0 aliphatic heterocycles. The van der Waals surface area contributed by atoms with Crippen molar-refractivity contribution in [2.45, 2.75) is 58.9 Å². The third kappa shape index (κ3) is 9.17. The summed E-state index contributed by atoms with van der Waals surface area (Å²) in [6, 6.07) is 0.712. The van der Waals surface area contributed by atoms with Gasteiger partial charge in [0.05, 0.1) is 0 Å². The summed E-state index contributed by atoms with van der Waals surface area (Å²) in [7, 11) is 4.32. The van der Waals surface area contributed by atoms with Crippen LogP contribution in [0.3, 0.4) is 0 Å². The fourth-order valence-corrected chi connectivity index (χ4v) is 2.16. The molecule has 1 N–H and O–H groups in total. The summed E-state index contributed by atoms with van der Waals surface area (Å²) in [6.45, 7) is 9.27. The molecular weight excluding hydrogens is 196 g/mol. The van der Waals surface area contributed by atoms with Gasteiger partial charge in [-0.1, -0.05) is 33.6 Å². The van der Waals surface area contributed by atoms with E-state index in [-0.39, 0.29) is 0 Å². The first-order valence-corrected chi connectivity index (χ1v) is 6.98. The topological polar surface area (TPSA) is 15.3 Å². The maximum atomic E-state index is 3.69. The van der Waals surface area contributed by atoms with Gasteiger partial charge in [0.25, 0.3) is 0 Å². The van der Waals surface area contributed by atoms with Crippen LogP contribution in [0.2, 0.25) is 0 Å². The van der Waals surface area contributed by atoms with Gasteiger partial charge in [-0.15, -0.1) is 0 Å². The second-order valence-electron chi connectivity index (χ2n) is 5.37. The molecule has 0 aliphatic rings. The molecule has 0 saturated heterocycles. The lowest BCUT2D eigenvalue weighted by Gasteiger charge is -2.23. The molecule has 2 unspecified atom stereocenters. The Bertz CT molecular complexity index is 146. The van der Waals surface area contributed by atoms with Gasteiger partial charge in [0, 0.05) is 6.04 Å². The van der Waals surface area contributed by atoms with E-state index in [1.165, 1.54) is 38.6 Å². The van der Waals surface area contributed by atoms with E-state index in [9.17, 15) is 0 Å². The van der Waals surface area contributed by atoms with Crippen LogP contribution in [0.1, 0.15) is 52.9 Å². The highest BCUT2D eigenvalue weighted by Crippen LogP contribution is 2.14. The molecule has 2 nitrogen and oxygen atoms in total. The SMILES string of the molecule is CCCNC(CCN(C)C)CC(C)CCC. The maximum absolute atomic E-state index is 3.69. The van der Waals surface area contributed by atoms with Crippen molar-refractivity contribution >= 4 is 0 Å². The minimum Gasteiger partial charge on any atom is -0.314 e. The molecule has 0 aromatic rings. The summed E-state index contributed by atoms with van der Waals surface area (Å²) >= 11 is 0. The van der Waals surface area contributed by atoms with Crippen LogP contribution in [0.4, 0.5) is 0 Å². The van der Waals surface area contributed by atoms with E-state index >= 15 is 0 Å². The zero-order chi connectivity index (χ0) is 12.4. The molecule has 0 fully saturated rings. The normalized spacial score (nSPS) is 15.4. The average Bonchev–Trinajstić information content (AvgIpc) is 2.22. The highest BCUT2D eigenvalue weighted by molar-refractivity contribution is 4.71. The Morgan fingerprint density at radius 3 is 2.25 bits per heavy atom. The predicted molar refractivity (Wildman–Crippen MR) is 73.9 cm³/mol. The van der Waals surface area contributed by atoms with Crippen LogP contribution in [0.25, 0.3) is 0 Å². The summed E-state index contributed by atoms with van der Waals surface area (Å²) in [6.07, 6.45) is 6.53. The molecular formula is C14H32N2. The monoisotopic (exact) mass is 228 g/mol. The van der Waals surface area contributed by atoms with Crippen LogP contribution in [0.5, 0.6) is 0 Å². The van der Waals surface area contributed by atoms with E-state index < -0.39 is 0 Å². The Kier molecular flexibility index (Phi) is 10.0. The molecule has 0 spiro atoms. The summed E-state index contributed by atoms with van der Waals surface area (Å²) in [4.78, 5) is 2.28. The Morgan fingerprint density at radius 1 is 1.06 bits per heavy atom. The van der Waals surface area contributed by atoms with Crippen molar-refractivity contribution in [3.8, 4) is 0 Å². The molecule has 2 atom stereocenters. The van der Waals surface area contributed by atoms with Crippen LogP contribution in [-0.2, 0) is 0 Å². The number of hydrogen-bond acceptors (Lipinski definition) is 2. The average molecular weight is 228 g/mol. The molecule has 0 heterocycles. The number of nitrogens with zero attached hydrogens (tertiary/aromatic N) is 1. The molecule has 98 valence electrons. The second kappa shape index (κ2) is 10.1. The van der Waals surface area contributed by atoms with Gasteiger partial charge >= 0.3 is 0 Å². The van der Waals surface area contributed by atoms with Crippen LogP contribution in [0, 0.1) is 5.92 Å². The molecule has 0 bridgehead atoms. The second-order valence-corrected chi connectivity index (χ2v) is 5.37. The highest BCUT2D eigenvalue weighted by atomic mass is 15.1. The summed E-state index contributed by atoms with van der Waals surface area (Å²) < 4.78 is 0. The number of hydrogen-bond donors (Lipinski definition) is 1. The van der Waals surface area contributed by atoms with Gasteiger partial charge in [0.2, 0.25) is 0 Å². The zero-order valence-corrected chi connectivity index (χ0v) is 12.1. The zero-order valence-electron chi connectivity index (χ0n) is 12.1. The van der Waals surface area contributed by atoms with Crippen molar-refractivity contribution in [3.05, 3.63) is 0 Å². The van der Waals surface area contributed by atoms with E-state index in [2.05, 4.69) is 45.1 Å². The minimum absolute atomic E-state index is 0.712. The molecule has 0 radical (unpaired) electrons. The molecule has 0 aromatic heterocycles. The molecule has 0 saturated carbocycles. The Labute approximate surface area is 103 Å². The van der Waals surface area contributed by atoms with Gasteiger partial charge in [-0.3, -0.25) is 0 Å². The molecule has 0 amide bonds. The lowest BCUT2D eigenvalue weighted by molar-refractivity contribution is 0.318. The first-order chi connectivity index (χ1) is 7.60. The van der Waals surface area contributed by atoms with E-state index in [1.54, 1.807) is 0 Å². The minimum atomic E-state index is 0.712. The fraction of sp³-hybridized carbons (Fsp3) is 1.00. The number of rotatable bonds is 10. The molecule has 0 aliphatic carbocycles. The fourth-order valence-electron chi connectivity index (χ4n) is 2.16. The van der Waals surface area contributed by atoms with Crippen molar-refractivity contribution in [2.75, 3.05) is 27.2 Å². The van der Waals surface area contributed by atoms with E-state index in [1.807, 2.05) is 0 Å². The molecule has 16 heavy (non-hydrogen) atoms. The Morgan fingerprint density at radius 2 is 1.75 bits per heavy atom. The van der Waals surface area contributed by atoms with Crippen LogP contribution >= 0.6 is 0 Å². The van der Waals surface area contributed by atoms with E-state index in [0.29, 0.717) is 6.04 Å². The third-order valence-electron chi connectivity index (χ3n) is 3.08. The van der Waals surface area contributed by atoms with Crippen molar-refractivity contribution in [2.24, 2.45) is 5.92 Å². The smallest absolute Gasteiger partial charge is 0.00817 e. The quantitative estimate of drug-likeness (QED) is 0.618. The lowest BCUT2D eigenvalue weighted by atomic mass is 9.95. The van der Waals surface area contributed by atoms with Crippen LogP contribution in [-0.4, -0.2) is 38.1 Å². The van der Waals surface area contributed by atoms with Crippen molar-refractivity contribution in [1.82, 2.24) is 10.2 Å². The van der Waals surface area contributed by atoms with Gasteiger partial charge in [-0.05, 0) is 52.4 Å². The predicted octanol–water partition coefficient (Wildman–Crippen LogP) is 3.13. The van der Waals surface area contributed by atoms with Gasteiger partial charge in [0.15, 0.2) is 0 Å². The van der Waals surface area contributed by atoms with Crippen LogP contribution < -0.4 is 5.32 Å². The van der Waals surface area contributed by atoms with Crippen molar-refractivity contribution < 1.29 is 0 Å². The third-order valence-corrected chi connectivity index (χ3v) is 3.08. The molecule has 2 heteroatoms. The van der Waals surface area contributed by atoms with E-state index in [4.69, 9.17) is 0 Å². The first kappa shape index (κ1) is 15.9. The first-order valence-electron chi connectivity index (χ1n) is 6.98. The van der Waals surface area contributed by atoms with Gasteiger partial charge in [0.1, 0.15) is 0 Å². The van der Waals surface area contributed by atoms with Crippen LogP contribution in [0.15, 0.2) is 0 Å². The highest BCUT2D eigenvalue weighted by Gasteiger charge is 2.12. The van der Waals surface area contributed by atoms with Crippen molar-refractivity contribution in [3.63, 3.8) is 0 Å². The van der Waals surface area contributed by atoms with Gasteiger partial charge in [-0.25, -0.2) is 0 Å². The molecule has 0 aromatic carbocycles. The van der Waals surface area contributed by atoms with E-state index in [0.717, 1.165) is 12.5 Å². The summed E-state index contributed by atoms with van der Waals surface area (Å²) in [5, 5.41) is 3.69.